The average Bonchev–Trinajstić information content (AvgIpc) is 3.39. The van der Waals surface area contributed by atoms with Crippen LogP contribution in [0.1, 0.15) is 26.3 Å². The summed E-state index contributed by atoms with van der Waals surface area (Å²) < 4.78 is 24.5. The lowest BCUT2D eigenvalue weighted by Crippen LogP contribution is -2.26. The van der Waals surface area contributed by atoms with E-state index < -0.39 is 12.1 Å². The molecule has 9 nitrogen and oxygen atoms in total. The van der Waals surface area contributed by atoms with E-state index in [9.17, 15) is 9.59 Å². The van der Waals surface area contributed by atoms with Gasteiger partial charge in [0.15, 0.2) is 23.4 Å². The van der Waals surface area contributed by atoms with E-state index in [0.29, 0.717) is 50.4 Å². The van der Waals surface area contributed by atoms with Crippen LogP contribution in [0.5, 0.6) is 11.5 Å². The van der Waals surface area contributed by atoms with E-state index >= 15 is 0 Å². The van der Waals surface area contributed by atoms with Crippen LogP contribution < -0.4 is 15.0 Å². The van der Waals surface area contributed by atoms with Crippen LogP contribution in [-0.4, -0.2) is 41.2 Å². The summed E-state index contributed by atoms with van der Waals surface area (Å²) in [6.07, 6.45) is 0.680. The van der Waals surface area contributed by atoms with Crippen LogP contribution in [0.15, 0.2) is 85.5 Å². The number of fused-ring (bicyclic) bond motifs is 2. The molecule has 0 amide bonds. The second-order valence-electron chi connectivity index (χ2n) is 8.74. The first-order valence-electron chi connectivity index (χ1n) is 12.7. The number of benzene rings is 3. The summed E-state index contributed by atoms with van der Waals surface area (Å²) in [7, 11) is 0. The fourth-order valence-corrected chi connectivity index (χ4v) is 4.68. The molecule has 0 fully saturated rings. The first-order chi connectivity index (χ1) is 19.4. The molecule has 2 aromatic heterocycles. The Hall–Kier alpha value is -4.44. The first kappa shape index (κ1) is 27.1. The number of furan rings is 1. The maximum absolute atomic E-state index is 13.6. The molecule has 2 heterocycles. The maximum atomic E-state index is 13.6. The standard InChI is InChI=1S/C30H26BrN3O6/c1-4-37-25-15-19(14-22(31)27(25)39-18(3)30(36)38-5-2)17-32-34-28(26-16-20-10-6-9-13-24(20)40-26)33-23-12-8-7-11-21(23)29(34)35/h6-18H,4-5H2,1-3H3/t18-/m1/s1. The normalized spacial score (nSPS) is 12.2. The Bertz CT molecular complexity index is 1760. The minimum atomic E-state index is -0.844. The van der Waals surface area contributed by atoms with Gasteiger partial charge in [-0.05, 0) is 78.7 Å². The van der Waals surface area contributed by atoms with Crippen molar-refractivity contribution in [3.8, 4) is 23.1 Å². The number of aromatic nitrogens is 2. The molecule has 5 rings (SSSR count). The second-order valence-corrected chi connectivity index (χ2v) is 9.59. The summed E-state index contributed by atoms with van der Waals surface area (Å²) in [5.41, 5.74) is 1.48. The average molecular weight is 604 g/mol. The SMILES string of the molecule is CCOC(=O)[C@@H](C)Oc1c(Br)cc(C=Nn2c(-c3cc4ccccc4o3)nc3ccccc3c2=O)cc1OCC. The van der Waals surface area contributed by atoms with Gasteiger partial charge < -0.3 is 18.6 Å². The summed E-state index contributed by atoms with van der Waals surface area (Å²) in [4.78, 5) is 30.4. The zero-order valence-electron chi connectivity index (χ0n) is 22.1. The monoisotopic (exact) mass is 603 g/mol. The highest BCUT2D eigenvalue weighted by Gasteiger charge is 2.21. The Morgan fingerprint density at radius 3 is 2.65 bits per heavy atom. The van der Waals surface area contributed by atoms with Crippen LogP contribution in [0.3, 0.4) is 0 Å². The third kappa shape index (κ3) is 5.48. The molecule has 0 saturated carbocycles. The number of carbonyl (C=O) groups excluding carboxylic acids is 1. The van der Waals surface area contributed by atoms with E-state index in [4.69, 9.17) is 23.6 Å². The number of esters is 1. The molecule has 0 N–H and O–H groups in total. The molecule has 0 spiro atoms. The number of rotatable bonds is 9. The Morgan fingerprint density at radius 1 is 1.10 bits per heavy atom. The van der Waals surface area contributed by atoms with E-state index in [1.807, 2.05) is 43.3 Å². The van der Waals surface area contributed by atoms with E-state index in [2.05, 4.69) is 21.0 Å². The zero-order valence-corrected chi connectivity index (χ0v) is 23.7. The van der Waals surface area contributed by atoms with Crippen molar-refractivity contribution in [1.29, 1.82) is 0 Å². The number of para-hydroxylation sites is 2. The van der Waals surface area contributed by atoms with Crippen molar-refractivity contribution in [3.05, 3.63) is 87.1 Å². The summed E-state index contributed by atoms with van der Waals surface area (Å²) in [5.74, 6) is 0.948. The third-order valence-corrected chi connectivity index (χ3v) is 6.56. The van der Waals surface area contributed by atoms with Gasteiger partial charge in [-0.15, -0.1) is 0 Å². The molecular formula is C30H26BrN3O6. The molecule has 0 radical (unpaired) electrons. The van der Waals surface area contributed by atoms with Crippen LogP contribution in [0.2, 0.25) is 0 Å². The number of carbonyl (C=O) groups is 1. The van der Waals surface area contributed by atoms with Crippen molar-refractivity contribution in [2.24, 2.45) is 5.10 Å². The summed E-state index contributed by atoms with van der Waals surface area (Å²) in [6, 6.07) is 19.9. The van der Waals surface area contributed by atoms with Crippen molar-refractivity contribution in [2.45, 2.75) is 26.9 Å². The Balaban J connectivity index is 1.58. The van der Waals surface area contributed by atoms with Crippen molar-refractivity contribution < 1.29 is 23.4 Å². The minimum absolute atomic E-state index is 0.250. The van der Waals surface area contributed by atoms with Crippen molar-refractivity contribution >= 4 is 50.0 Å². The van der Waals surface area contributed by atoms with Crippen molar-refractivity contribution in [1.82, 2.24) is 9.66 Å². The Morgan fingerprint density at radius 2 is 1.88 bits per heavy atom. The molecule has 0 aliphatic heterocycles. The van der Waals surface area contributed by atoms with Gasteiger partial charge >= 0.3 is 5.97 Å². The fourth-order valence-electron chi connectivity index (χ4n) is 4.13. The van der Waals surface area contributed by atoms with Crippen LogP contribution in [0, 0.1) is 0 Å². The van der Waals surface area contributed by atoms with Gasteiger partial charge in [-0.1, -0.05) is 30.3 Å². The maximum Gasteiger partial charge on any atom is 0.347 e. The molecule has 0 saturated heterocycles. The number of ether oxygens (including phenoxy) is 3. The lowest BCUT2D eigenvalue weighted by molar-refractivity contribution is -0.150. The highest BCUT2D eigenvalue weighted by Crippen LogP contribution is 2.37. The van der Waals surface area contributed by atoms with Gasteiger partial charge in [0.1, 0.15) is 5.58 Å². The third-order valence-electron chi connectivity index (χ3n) is 5.97. The van der Waals surface area contributed by atoms with Gasteiger partial charge in [-0.3, -0.25) is 4.79 Å². The van der Waals surface area contributed by atoms with Gasteiger partial charge in [0.05, 0.1) is 34.8 Å². The van der Waals surface area contributed by atoms with Crippen LogP contribution in [-0.2, 0) is 9.53 Å². The van der Waals surface area contributed by atoms with Gasteiger partial charge in [-0.25, -0.2) is 9.78 Å². The smallest absolute Gasteiger partial charge is 0.347 e. The van der Waals surface area contributed by atoms with Gasteiger partial charge in [0.25, 0.3) is 5.56 Å². The lowest BCUT2D eigenvalue weighted by Gasteiger charge is -2.18. The molecule has 204 valence electrons. The van der Waals surface area contributed by atoms with Gasteiger partial charge in [0.2, 0.25) is 5.82 Å². The number of nitrogens with zero attached hydrogens (tertiary/aromatic N) is 3. The first-order valence-corrected chi connectivity index (χ1v) is 13.5. The number of hydrogen-bond donors (Lipinski definition) is 0. The molecule has 3 aromatic carbocycles. The molecule has 40 heavy (non-hydrogen) atoms. The van der Waals surface area contributed by atoms with Gasteiger partial charge in [0, 0.05) is 5.39 Å². The van der Waals surface area contributed by atoms with E-state index in [1.165, 1.54) is 10.9 Å². The van der Waals surface area contributed by atoms with E-state index in [-0.39, 0.29) is 18.0 Å². The molecule has 1 atom stereocenters. The molecule has 0 unspecified atom stereocenters. The van der Waals surface area contributed by atoms with Crippen LogP contribution in [0.25, 0.3) is 33.5 Å². The largest absolute Gasteiger partial charge is 0.490 e. The quantitative estimate of drug-likeness (QED) is 0.146. The lowest BCUT2D eigenvalue weighted by atomic mass is 10.2. The van der Waals surface area contributed by atoms with Crippen LogP contribution >= 0.6 is 15.9 Å². The van der Waals surface area contributed by atoms with Crippen molar-refractivity contribution in [2.75, 3.05) is 13.2 Å². The summed E-state index contributed by atoms with van der Waals surface area (Å²) >= 11 is 3.51. The second kappa shape index (κ2) is 11.7. The molecule has 10 heteroatoms. The van der Waals surface area contributed by atoms with Crippen molar-refractivity contribution in [3.63, 3.8) is 0 Å². The fraction of sp³-hybridized carbons (Fsp3) is 0.200. The Labute approximate surface area is 238 Å². The zero-order chi connectivity index (χ0) is 28.2. The van der Waals surface area contributed by atoms with E-state index in [1.54, 1.807) is 44.2 Å². The summed E-state index contributed by atoms with van der Waals surface area (Å²) in [5, 5.41) is 5.83. The number of hydrogen-bond acceptors (Lipinski definition) is 8. The van der Waals surface area contributed by atoms with Crippen LogP contribution in [0.4, 0.5) is 0 Å². The highest BCUT2D eigenvalue weighted by atomic mass is 79.9. The number of halogens is 1. The molecule has 0 aliphatic rings. The molecule has 0 bridgehead atoms. The predicted molar refractivity (Wildman–Crippen MR) is 156 cm³/mol. The predicted octanol–water partition coefficient (Wildman–Crippen LogP) is 6.18. The highest BCUT2D eigenvalue weighted by molar-refractivity contribution is 9.10. The topological polar surface area (TPSA) is 105 Å². The summed E-state index contributed by atoms with van der Waals surface area (Å²) in [6.45, 7) is 5.79. The molecular weight excluding hydrogens is 578 g/mol. The minimum Gasteiger partial charge on any atom is -0.490 e. The Kier molecular flexibility index (Phi) is 7.97. The van der Waals surface area contributed by atoms with Gasteiger partial charge in [-0.2, -0.15) is 9.78 Å². The molecule has 5 aromatic rings. The van der Waals surface area contributed by atoms with E-state index in [0.717, 1.165) is 5.39 Å². The molecule has 0 aliphatic carbocycles.